The lowest BCUT2D eigenvalue weighted by Crippen LogP contribution is -2.28. The number of fused-ring (bicyclic) bond motifs is 2. The molecule has 2 aliphatic heterocycles. The van der Waals surface area contributed by atoms with E-state index in [1.807, 2.05) is 24.3 Å². The molecule has 3 aromatic rings. The highest BCUT2D eigenvalue weighted by Gasteiger charge is 2.38. The van der Waals surface area contributed by atoms with E-state index in [0.717, 1.165) is 42.9 Å². The first-order chi connectivity index (χ1) is 16.4. The third-order valence-electron chi connectivity index (χ3n) is 6.94. The van der Waals surface area contributed by atoms with Crippen LogP contribution >= 0.6 is 0 Å². The molecule has 2 bridgehead atoms. The molecule has 0 amide bonds. The summed E-state index contributed by atoms with van der Waals surface area (Å²) < 4.78 is 14.6. The summed E-state index contributed by atoms with van der Waals surface area (Å²) in [6, 6.07) is 9.84. The Morgan fingerprint density at radius 2 is 1.79 bits per heavy atom. The van der Waals surface area contributed by atoms with Gasteiger partial charge in [0.2, 0.25) is 5.88 Å². The predicted molar refractivity (Wildman–Crippen MR) is 127 cm³/mol. The number of ether oxygens (including phenoxy) is 2. The maximum Gasteiger partial charge on any atom is 0.218 e. The van der Waals surface area contributed by atoms with Gasteiger partial charge in [0.15, 0.2) is 0 Å². The number of aromatic nitrogens is 4. The number of hydrogen-bond acceptors (Lipinski definition) is 7. The van der Waals surface area contributed by atoms with E-state index in [1.165, 1.54) is 12.8 Å². The van der Waals surface area contributed by atoms with Crippen molar-refractivity contribution in [1.29, 1.82) is 0 Å². The second-order valence-electron chi connectivity index (χ2n) is 10.3. The number of nitrogens with one attached hydrogen (secondary N) is 1. The van der Waals surface area contributed by atoms with E-state index in [0.29, 0.717) is 41.4 Å². The fraction of sp³-hybridized carbons (Fsp3) is 0.500. The second-order valence-corrected chi connectivity index (χ2v) is 10.3. The average Bonchev–Trinajstić information content (AvgIpc) is 3.49. The molecule has 1 unspecified atom stereocenters. The van der Waals surface area contributed by atoms with Crippen molar-refractivity contribution in [2.75, 3.05) is 5.32 Å². The number of pyridine rings is 2. The van der Waals surface area contributed by atoms with Crippen LogP contribution in [0.5, 0.6) is 11.6 Å². The van der Waals surface area contributed by atoms with E-state index < -0.39 is 5.60 Å². The third-order valence-corrected chi connectivity index (χ3v) is 6.94. The van der Waals surface area contributed by atoms with Crippen LogP contribution < -0.4 is 10.1 Å². The van der Waals surface area contributed by atoms with Gasteiger partial charge < -0.3 is 19.9 Å². The zero-order chi connectivity index (χ0) is 23.3. The van der Waals surface area contributed by atoms with E-state index in [2.05, 4.69) is 26.0 Å². The summed E-state index contributed by atoms with van der Waals surface area (Å²) >= 11 is 0. The first kappa shape index (κ1) is 21.6. The van der Waals surface area contributed by atoms with E-state index in [-0.39, 0.29) is 0 Å². The standard InChI is InChI=1S/C26H31N5O3/c1-26(2,32)23-11-17(7-9-27-23)29-24-14-21(8-10-28-24)34-25-15-22(16-3-4-16)30-31(25)18-12-19-5-6-20(13-18)33-19/h7-11,14-16,18-20,32H,3-6,12-13H2,1-2H3,(H,27,28,29)/t18-,19+,20?/m1/s1. The number of anilines is 2. The first-order valence-corrected chi connectivity index (χ1v) is 12.3. The minimum Gasteiger partial charge on any atom is -0.439 e. The van der Waals surface area contributed by atoms with Crippen molar-refractivity contribution in [3.8, 4) is 11.6 Å². The molecule has 34 heavy (non-hydrogen) atoms. The van der Waals surface area contributed by atoms with Gasteiger partial charge in [-0.05, 0) is 70.6 Å². The lowest BCUT2D eigenvalue weighted by atomic mass is 10.0. The van der Waals surface area contributed by atoms with Gasteiger partial charge in [0.1, 0.15) is 17.2 Å². The van der Waals surface area contributed by atoms with Gasteiger partial charge in [0, 0.05) is 36.1 Å². The van der Waals surface area contributed by atoms with Crippen LogP contribution in [-0.4, -0.2) is 37.1 Å². The van der Waals surface area contributed by atoms with E-state index in [9.17, 15) is 5.11 Å². The van der Waals surface area contributed by atoms with Gasteiger partial charge in [-0.2, -0.15) is 5.10 Å². The highest BCUT2D eigenvalue weighted by atomic mass is 16.5. The fourth-order valence-corrected chi connectivity index (χ4v) is 5.00. The summed E-state index contributed by atoms with van der Waals surface area (Å²) in [4.78, 5) is 8.70. The van der Waals surface area contributed by atoms with Crippen molar-refractivity contribution in [2.24, 2.45) is 0 Å². The van der Waals surface area contributed by atoms with E-state index in [4.69, 9.17) is 14.6 Å². The maximum atomic E-state index is 10.3. The molecule has 3 atom stereocenters. The van der Waals surface area contributed by atoms with Crippen LogP contribution in [0.2, 0.25) is 0 Å². The van der Waals surface area contributed by atoms with Gasteiger partial charge in [-0.15, -0.1) is 0 Å². The number of hydrogen-bond donors (Lipinski definition) is 2. The predicted octanol–water partition coefficient (Wildman–Crippen LogP) is 5.20. The van der Waals surface area contributed by atoms with Gasteiger partial charge in [0.05, 0.1) is 29.6 Å². The lowest BCUT2D eigenvalue weighted by Gasteiger charge is -2.29. The van der Waals surface area contributed by atoms with Gasteiger partial charge in [0.25, 0.3) is 0 Å². The molecule has 0 aromatic carbocycles. The van der Waals surface area contributed by atoms with Crippen LogP contribution in [0.4, 0.5) is 11.5 Å². The van der Waals surface area contributed by atoms with Crippen molar-refractivity contribution in [2.45, 2.75) is 82.1 Å². The van der Waals surface area contributed by atoms with Crippen molar-refractivity contribution >= 4 is 11.5 Å². The minimum absolute atomic E-state index is 0.310. The molecule has 178 valence electrons. The Labute approximate surface area is 199 Å². The molecular weight excluding hydrogens is 430 g/mol. The molecule has 6 rings (SSSR count). The third kappa shape index (κ3) is 4.52. The summed E-state index contributed by atoms with van der Waals surface area (Å²) in [6.07, 6.45) is 10.8. The maximum absolute atomic E-state index is 10.3. The molecule has 0 spiro atoms. The van der Waals surface area contributed by atoms with Crippen molar-refractivity contribution in [3.63, 3.8) is 0 Å². The summed E-state index contributed by atoms with van der Waals surface area (Å²) in [5.74, 6) is 2.71. The molecule has 1 saturated carbocycles. The summed E-state index contributed by atoms with van der Waals surface area (Å²) in [7, 11) is 0. The number of aliphatic hydroxyl groups is 1. The van der Waals surface area contributed by atoms with Gasteiger partial charge in [-0.25, -0.2) is 9.67 Å². The second kappa shape index (κ2) is 8.36. The molecule has 5 heterocycles. The Balaban J connectivity index is 1.23. The monoisotopic (exact) mass is 461 g/mol. The molecular formula is C26H31N5O3. The quantitative estimate of drug-likeness (QED) is 0.500. The number of nitrogens with zero attached hydrogens (tertiary/aromatic N) is 4. The van der Waals surface area contributed by atoms with Crippen LogP contribution in [0.1, 0.15) is 75.7 Å². The molecule has 8 heteroatoms. The van der Waals surface area contributed by atoms with Gasteiger partial charge in [-0.1, -0.05) is 0 Å². The van der Waals surface area contributed by atoms with Crippen LogP contribution in [-0.2, 0) is 10.3 Å². The Hall–Kier alpha value is -2.97. The topological polar surface area (TPSA) is 94.3 Å². The highest BCUT2D eigenvalue weighted by Crippen LogP contribution is 2.44. The molecule has 3 aromatic heterocycles. The molecule has 8 nitrogen and oxygen atoms in total. The van der Waals surface area contributed by atoms with Crippen LogP contribution in [0, 0.1) is 0 Å². The summed E-state index contributed by atoms with van der Waals surface area (Å²) in [5.41, 5.74) is 1.51. The lowest BCUT2D eigenvalue weighted by molar-refractivity contribution is -0.0191. The SMILES string of the molecule is CC(C)(O)c1cc(Nc2cc(Oc3cc(C4CC4)nn3[C@H]3CC4CC[C@@H](C3)O4)ccn2)ccn1. The zero-order valence-electron chi connectivity index (χ0n) is 19.6. The highest BCUT2D eigenvalue weighted by molar-refractivity contribution is 5.57. The Bertz CT molecular complexity index is 1170. The normalized spacial score (nSPS) is 24.3. The smallest absolute Gasteiger partial charge is 0.218 e. The zero-order valence-corrected chi connectivity index (χ0v) is 19.6. The van der Waals surface area contributed by atoms with Crippen LogP contribution in [0.15, 0.2) is 42.7 Å². The minimum atomic E-state index is -1.02. The number of rotatable bonds is 7. The molecule has 0 radical (unpaired) electrons. The van der Waals surface area contributed by atoms with E-state index in [1.54, 1.807) is 26.2 Å². The Morgan fingerprint density at radius 1 is 1.03 bits per heavy atom. The molecule has 1 aliphatic carbocycles. The Kier molecular flexibility index (Phi) is 5.30. The largest absolute Gasteiger partial charge is 0.439 e. The van der Waals surface area contributed by atoms with Gasteiger partial charge in [-0.3, -0.25) is 4.98 Å². The van der Waals surface area contributed by atoms with Crippen LogP contribution in [0.25, 0.3) is 0 Å². The molecule has 2 N–H and O–H groups in total. The molecule has 3 aliphatic rings. The fourth-order valence-electron chi connectivity index (χ4n) is 5.00. The van der Waals surface area contributed by atoms with Crippen molar-refractivity contribution in [3.05, 3.63) is 54.1 Å². The summed E-state index contributed by atoms with van der Waals surface area (Å²) in [5, 5.41) is 18.5. The molecule has 2 saturated heterocycles. The van der Waals surface area contributed by atoms with Crippen molar-refractivity contribution < 1.29 is 14.6 Å². The Morgan fingerprint density at radius 3 is 2.53 bits per heavy atom. The van der Waals surface area contributed by atoms with Crippen molar-refractivity contribution in [1.82, 2.24) is 19.7 Å². The van der Waals surface area contributed by atoms with Crippen LogP contribution in [0.3, 0.4) is 0 Å². The van der Waals surface area contributed by atoms with Gasteiger partial charge >= 0.3 is 0 Å². The molecule has 3 fully saturated rings. The first-order valence-electron chi connectivity index (χ1n) is 12.3. The average molecular weight is 462 g/mol. The summed E-state index contributed by atoms with van der Waals surface area (Å²) in [6.45, 7) is 3.43. The van der Waals surface area contributed by atoms with E-state index >= 15 is 0 Å².